The molecule has 2 N–H and O–H groups in total. The number of aromatic nitrogens is 2. The summed E-state index contributed by atoms with van der Waals surface area (Å²) in [6.07, 6.45) is 0. The molecule has 3 rings (SSSR count). The molecule has 0 radical (unpaired) electrons. The Morgan fingerprint density at radius 2 is 1.79 bits per heavy atom. The van der Waals surface area contributed by atoms with Crippen molar-refractivity contribution in [3.05, 3.63) is 59.8 Å². The monoisotopic (exact) mass is 472 g/mol. The van der Waals surface area contributed by atoms with Crippen LogP contribution in [0.3, 0.4) is 0 Å². The fourth-order valence-electron chi connectivity index (χ4n) is 2.85. The minimum Gasteiger partial charge on any atom is -0.495 e. The molecule has 0 aliphatic rings. The normalized spacial score (nSPS) is 11.3. The molecular formula is C22H24N4O6S. The molecule has 33 heavy (non-hydrogen) atoms. The van der Waals surface area contributed by atoms with Crippen molar-refractivity contribution in [2.75, 3.05) is 33.1 Å². The molecule has 0 fully saturated rings. The number of rotatable bonds is 8. The molecule has 1 aromatic heterocycles. The molecule has 1 heterocycles. The van der Waals surface area contributed by atoms with E-state index in [1.165, 1.54) is 45.5 Å². The van der Waals surface area contributed by atoms with E-state index in [0.29, 0.717) is 5.69 Å². The summed E-state index contributed by atoms with van der Waals surface area (Å²) in [5.41, 5.74) is 2.71. The Balaban J connectivity index is 1.66. The van der Waals surface area contributed by atoms with Gasteiger partial charge in [-0.1, -0.05) is 29.8 Å². The number of benzene rings is 2. The number of nitrogens with one attached hydrogen (secondary N) is 2. The third-order valence-corrected chi connectivity index (χ3v) is 6.51. The van der Waals surface area contributed by atoms with Gasteiger partial charge in [-0.3, -0.25) is 9.89 Å². The third kappa shape index (κ3) is 5.57. The van der Waals surface area contributed by atoms with Crippen LogP contribution < -0.4 is 10.1 Å². The SMILES string of the molecule is COc1ccc(S(=O)(=O)N(C)C)cc1NC(=O)COC(=O)c1cc(-c2ccc(C)cc2)n[nH]1. The van der Waals surface area contributed by atoms with Crippen molar-refractivity contribution in [3.8, 4) is 17.0 Å². The van der Waals surface area contributed by atoms with E-state index in [2.05, 4.69) is 15.5 Å². The largest absolute Gasteiger partial charge is 0.495 e. The summed E-state index contributed by atoms with van der Waals surface area (Å²) in [4.78, 5) is 24.6. The third-order valence-electron chi connectivity index (χ3n) is 4.70. The molecule has 174 valence electrons. The first-order valence-electron chi connectivity index (χ1n) is 9.82. The van der Waals surface area contributed by atoms with Crippen molar-refractivity contribution >= 4 is 27.6 Å². The van der Waals surface area contributed by atoms with Gasteiger partial charge in [0.05, 0.1) is 23.4 Å². The number of H-pyrrole nitrogens is 1. The van der Waals surface area contributed by atoms with Gasteiger partial charge in [-0.2, -0.15) is 5.10 Å². The standard InChI is InChI=1S/C22H24N4O6S/c1-14-5-7-15(8-6-14)17-12-19(25-24-17)22(28)32-13-21(27)23-18-11-16(9-10-20(18)31-4)33(29,30)26(2)3/h5-12H,13H2,1-4H3,(H,23,27)(H,24,25). The lowest BCUT2D eigenvalue weighted by molar-refractivity contribution is -0.119. The molecule has 0 saturated heterocycles. The van der Waals surface area contributed by atoms with Crippen LogP contribution in [0.2, 0.25) is 0 Å². The van der Waals surface area contributed by atoms with Crippen LogP contribution in [-0.2, 0) is 19.6 Å². The summed E-state index contributed by atoms with van der Waals surface area (Å²) >= 11 is 0. The number of carbonyl (C=O) groups is 2. The molecule has 1 amide bonds. The Morgan fingerprint density at radius 3 is 2.42 bits per heavy atom. The highest BCUT2D eigenvalue weighted by Gasteiger charge is 2.20. The minimum atomic E-state index is -3.71. The second-order valence-electron chi connectivity index (χ2n) is 7.31. The van der Waals surface area contributed by atoms with Crippen LogP contribution in [0.25, 0.3) is 11.3 Å². The highest BCUT2D eigenvalue weighted by atomic mass is 32.2. The number of aromatic amines is 1. The summed E-state index contributed by atoms with van der Waals surface area (Å²) in [5.74, 6) is -1.17. The Bertz CT molecular complexity index is 1270. The van der Waals surface area contributed by atoms with Gasteiger partial charge in [-0.25, -0.2) is 17.5 Å². The first-order valence-corrected chi connectivity index (χ1v) is 11.3. The number of hydrogen-bond donors (Lipinski definition) is 2. The van der Waals surface area contributed by atoms with Gasteiger partial charge >= 0.3 is 5.97 Å². The van der Waals surface area contributed by atoms with Crippen molar-refractivity contribution in [2.24, 2.45) is 0 Å². The van der Waals surface area contributed by atoms with Crippen LogP contribution in [0, 0.1) is 6.92 Å². The van der Waals surface area contributed by atoms with Crippen LogP contribution in [-0.4, -0.2) is 62.6 Å². The fourth-order valence-corrected chi connectivity index (χ4v) is 3.78. The summed E-state index contributed by atoms with van der Waals surface area (Å²) in [6.45, 7) is 1.38. The molecular weight excluding hydrogens is 448 g/mol. The van der Waals surface area contributed by atoms with E-state index in [4.69, 9.17) is 9.47 Å². The zero-order valence-electron chi connectivity index (χ0n) is 18.6. The first-order chi connectivity index (χ1) is 15.6. The maximum Gasteiger partial charge on any atom is 0.356 e. The lowest BCUT2D eigenvalue weighted by atomic mass is 10.1. The number of amides is 1. The van der Waals surface area contributed by atoms with Crippen molar-refractivity contribution in [1.29, 1.82) is 0 Å². The average molecular weight is 473 g/mol. The quantitative estimate of drug-likeness (QED) is 0.482. The minimum absolute atomic E-state index is 0.0262. The zero-order chi connectivity index (χ0) is 24.2. The van der Waals surface area contributed by atoms with E-state index in [-0.39, 0.29) is 22.0 Å². The number of esters is 1. The van der Waals surface area contributed by atoms with Gasteiger partial charge < -0.3 is 14.8 Å². The van der Waals surface area contributed by atoms with Gasteiger partial charge in [-0.05, 0) is 31.2 Å². The van der Waals surface area contributed by atoms with Gasteiger partial charge in [0.25, 0.3) is 5.91 Å². The predicted molar refractivity (Wildman–Crippen MR) is 122 cm³/mol. The molecule has 10 nitrogen and oxygen atoms in total. The molecule has 0 aliphatic carbocycles. The zero-order valence-corrected chi connectivity index (χ0v) is 19.4. The Hall–Kier alpha value is -3.70. The van der Waals surface area contributed by atoms with E-state index < -0.39 is 28.5 Å². The first kappa shape index (κ1) is 24.0. The maximum atomic E-state index is 12.4. The summed E-state index contributed by atoms with van der Waals surface area (Å²) < 4.78 is 36.0. The predicted octanol–water partition coefficient (Wildman–Crippen LogP) is 2.44. The Kier molecular flexibility index (Phi) is 7.14. The van der Waals surface area contributed by atoms with Crippen LogP contribution >= 0.6 is 0 Å². The fraction of sp³-hybridized carbons (Fsp3) is 0.227. The summed E-state index contributed by atoms with van der Waals surface area (Å²) in [6, 6.07) is 13.2. The molecule has 0 aliphatic heterocycles. The highest BCUT2D eigenvalue weighted by Crippen LogP contribution is 2.28. The molecule has 0 bridgehead atoms. The van der Waals surface area contributed by atoms with Crippen LogP contribution in [0.15, 0.2) is 53.4 Å². The van der Waals surface area contributed by atoms with Crippen LogP contribution in [0.1, 0.15) is 16.1 Å². The lowest BCUT2D eigenvalue weighted by Crippen LogP contribution is -2.23. The average Bonchev–Trinajstić information content (AvgIpc) is 3.28. The number of hydrogen-bond acceptors (Lipinski definition) is 7. The number of nitrogens with zero attached hydrogens (tertiary/aromatic N) is 2. The van der Waals surface area contributed by atoms with Crippen molar-refractivity contribution in [1.82, 2.24) is 14.5 Å². The van der Waals surface area contributed by atoms with E-state index in [9.17, 15) is 18.0 Å². The van der Waals surface area contributed by atoms with Gasteiger partial charge in [-0.15, -0.1) is 0 Å². The topological polar surface area (TPSA) is 131 Å². The number of ether oxygens (including phenoxy) is 2. The smallest absolute Gasteiger partial charge is 0.356 e. The molecule has 0 unspecified atom stereocenters. The van der Waals surface area contributed by atoms with Gasteiger partial charge in [0, 0.05) is 19.7 Å². The second-order valence-corrected chi connectivity index (χ2v) is 9.46. The maximum absolute atomic E-state index is 12.4. The summed E-state index contributed by atoms with van der Waals surface area (Å²) in [5, 5.41) is 9.20. The van der Waals surface area contributed by atoms with E-state index >= 15 is 0 Å². The summed E-state index contributed by atoms with van der Waals surface area (Å²) in [7, 11) is 0.469. The van der Waals surface area contributed by atoms with Gasteiger partial charge in [0.2, 0.25) is 10.0 Å². The van der Waals surface area contributed by atoms with E-state index in [1.54, 1.807) is 0 Å². The lowest BCUT2D eigenvalue weighted by Gasteiger charge is -2.15. The van der Waals surface area contributed by atoms with Crippen LogP contribution in [0.4, 0.5) is 5.69 Å². The molecule has 2 aromatic carbocycles. The van der Waals surface area contributed by atoms with Gasteiger partial charge in [0.1, 0.15) is 11.4 Å². The van der Waals surface area contributed by atoms with Crippen LogP contribution in [0.5, 0.6) is 5.75 Å². The van der Waals surface area contributed by atoms with Gasteiger partial charge in [0.15, 0.2) is 6.61 Å². The number of methoxy groups -OCH3 is 1. The van der Waals surface area contributed by atoms with E-state index in [0.717, 1.165) is 15.4 Å². The molecule has 0 atom stereocenters. The number of anilines is 1. The molecule has 11 heteroatoms. The van der Waals surface area contributed by atoms with Crippen molar-refractivity contribution in [2.45, 2.75) is 11.8 Å². The second kappa shape index (κ2) is 9.84. The number of aryl methyl sites for hydroxylation is 1. The molecule has 0 saturated carbocycles. The number of carbonyl (C=O) groups excluding carboxylic acids is 2. The van der Waals surface area contributed by atoms with Crippen molar-refractivity contribution < 1.29 is 27.5 Å². The van der Waals surface area contributed by atoms with E-state index in [1.807, 2.05) is 31.2 Å². The molecule has 3 aromatic rings. The molecule has 0 spiro atoms. The Labute approximate surface area is 191 Å². The van der Waals surface area contributed by atoms with Crippen molar-refractivity contribution in [3.63, 3.8) is 0 Å². The Morgan fingerprint density at radius 1 is 1.09 bits per heavy atom. The number of sulfonamides is 1. The highest BCUT2D eigenvalue weighted by molar-refractivity contribution is 7.89.